The summed E-state index contributed by atoms with van der Waals surface area (Å²) in [7, 11) is 0. The van der Waals surface area contributed by atoms with Crippen LogP contribution in [0, 0.1) is 19.7 Å². The van der Waals surface area contributed by atoms with E-state index in [4.69, 9.17) is 0 Å². The van der Waals surface area contributed by atoms with Crippen molar-refractivity contribution in [3.63, 3.8) is 0 Å². The molecular weight excluding hydrogens is 383 g/mol. The highest BCUT2D eigenvalue weighted by Gasteiger charge is 2.12. The van der Waals surface area contributed by atoms with Crippen molar-refractivity contribution < 1.29 is 9.18 Å². The highest BCUT2D eigenvalue weighted by molar-refractivity contribution is 6.00. The van der Waals surface area contributed by atoms with Gasteiger partial charge in [0.2, 0.25) is 0 Å². The van der Waals surface area contributed by atoms with E-state index >= 15 is 0 Å². The first-order valence-corrected chi connectivity index (χ1v) is 9.35. The van der Waals surface area contributed by atoms with Crippen LogP contribution in [0.3, 0.4) is 0 Å². The molecule has 1 heterocycles. The molecule has 1 aromatic heterocycles. The number of nitrogens with one attached hydrogen (secondary N) is 2. The Morgan fingerprint density at radius 1 is 0.967 bits per heavy atom. The van der Waals surface area contributed by atoms with Crippen LogP contribution in [-0.4, -0.2) is 15.6 Å². The van der Waals surface area contributed by atoms with Crippen molar-refractivity contribution in [2.75, 3.05) is 10.6 Å². The van der Waals surface area contributed by atoms with Crippen molar-refractivity contribution >= 4 is 28.3 Å². The van der Waals surface area contributed by atoms with Crippen molar-refractivity contribution in [3.05, 3.63) is 94.3 Å². The summed E-state index contributed by atoms with van der Waals surface area (Å²) in [4.78, 5) is 29.7. The van der Waals surface area contributed by atoms with Crippen molar-refractivity contribution in [2.45, 2.75) is 13.8 Å². The Morgan fingerprint density at radius 3 is 2.53 bits per heavy atom. The molecule has 0 aliphatic carbocycles. The van der Waals surface area contributed by atoms with Crippen LogP contribution in [0.15, 0.2) is 71.5 Å². The Kier molecular flexibility index (Phi) is 5.02. The number of carbonyl (C=O) groups excluding carboxylic acids is 1. The number of urea groups is 1. The van der Waals surface area contributed by atoms with E-state index in [9.17, 15) is 14.0 Å². The van der Waals surface area contributed by atoms with Gasteiger partial charge >= 0.3 is 6.03 Å². The number of aryl methyl sites for hydroxylation is 2. The molecular formula is C23H19FN4O2. The van der Waals surface area contributed by atoms with Crippen LogP contribution < -0.4 is 16.2 Å². The van der Waals surface area contributed by atoms with Crippen molar-refractivity contribution in [1.29, 1.82) is 0 Å². The number of nitrogens with zero attached hydrogens (tertiary/aromatic N) is 2. The predicted molar refractivity (Wildman–Crippen MR) is 116 cm³/mol. The first-order chi connectivity index (χ1) is 14.4. The zero-order chi connectivity index (χ0) is 21.3. The third kappa shape index (κ3) is 3.77. The van der Waals surface area contributed by atoms with E-state index in [2.05, 4.69) is 15.6 Å². The minimum atomic E-state index is -0.489. The summed E-state index contributed by atoms with van der Waals surface area (Å²) in [5.74, 6) is 0.140. The summed E-state index contributed by atoms with van der Waals surface area (Å²) < 4.78 is 14.8. The lowest BCUT2D eigenvalue weighted by atomic mass is 10.1. The van der Waals surface area contributed by atoms with Gasteiger partial charge in [-0.2, -0.15) is 0 Å². The number of para-hydroxylation sites is 1. The van der Waals surface area contributed by atoms with Crippen LogP contribution in [0.25, 0.3) is 16.6 Å². The van der Waals surface area contributed by atoms with E-state index in [-0.39, 0.29) is 5.56 Å². The number of hydrogen-bond donors (Lipinski definition) is 2. The number of amides is 2. The van der Waals surface area contributed by atoms with Crippen molar-refractivity contribution in [3.8, 4) is 5.69 Å². The Bertz CT molecular complexity index is 1330. The van der Waals surface area contributed by atoms with Gasteiger partial charge in [0, 0.05) is 11.4 Å². The molecule has 0 atom stereocenters. The standard InChI is InChI=1S/C23H19FN4O2/c1-14-12-18(28-15(2)25-21-9-4-3-8-19(21)22(28)29)10-11-20(14)27-23(30)26-17-7-5-6-16(24)13-17/h3-13H,1-2H3,(H2,26,27,30). The van der Waals surface area contributed by atoms with Crippen LogP contribution >= 0.6 is 0 Å². The second-order valence-electron chi connectivity index (χ2n) is 6.91. The molecule has 6 nitrogen and oxygen atoms in total. The molecule has 0 fully saturated rings. The molecule has 0 radical (unpaired) electrons. The first kappa shape index (κ1) is 19.3. The summed E-state index contributed by atoms with van der Waals surface area (Å²) in [6.45, 7) is 3.61. The molecule has 0 saturated carbocycles. The molecule has 4 aromatic rings. The van der Waals surface area contributed by atoms with Gasteiger partial charge in [0.1, 0.15) is 11.6 Å². The summed E-state index contributed by atoms with van der Waals surface area (Å²) in [5.41, 5.74) is 2.85. The van der Waals surface area contributed by atoms with E-state index < -0.39 is 11.8 Å². The van der Waals surface area contributed by atoms with Gasteiger partial charge in [-0.1, -0.05) is 18.2 Å². The van der Waals surface area contributed by atoms with Gasteiger partial charge in [0.15, 0.2) is 0 Å². The SMILES string of the molecule is Cc1cc(-n2c(C)nc3ccccc3c2=O)ccc1NC(=O)Nc1cccc(F)c1. The summed E-state index contributed by atoms with van der Waals surface area (Å²) in [6.07, 6.45) is 0. The van der Waals surface area contributed by atoms with Gasteiger partial charge in [-0.25, -0.2) is 14.2 Å². The van der Waals surface area contributed by atoms with Crippen LogP contribution in [0.2, 0.25) is 0 Å². The van der Waals surface area contributed by atoms with Crippen LogP contribution in [0.4, 0.5) is 20.6 Å². The molecule has 0 aliphatic heterocycles. The second kappa shape index (κ2) is 7.79. The topological polar surface area (TPSA) is 76.0 Å². The number of halogens is 1. The van der Waals surface area contributed by atoms with Gasteiger partial charge < -0.3 is 10.6 Å². The lowest BCUT2D eigenvalue weighted by molar-refractivity contribution is 0.262. The molecule has 7 heteroatoms. The molecule has 3 aromatic carbocycles. The molecule has 150 valence electrons. The number of rotatable bonds is 3. The smallest absolute Gasteiger partial charge is 0.308 e. The van der Waals surface area contributed by atoms with Crippen molar-refractivity contribution in [1.82, 2.24) is 9.55 Å². The number of fused-ring (bicyclic) bond motifs is 1. The second-order valence-corrected chi connectivity index (χ2v) is 6.91. The first-order valence-electron chi connectivity index (χ1n) is 9.35. The summed E-state index contributed by atoms with van der Waals surface area (Å²) in [6, 6.07) is 17.6. The molecule has 0 spiro atoms. The Balaban J connectivity index is 1.62. The van der Waals surface area contributed by atoms with E-state index in [0.717, 1.165) is 5.56 Å². The minimum absolute atomic E-state index is 0.151. The van der Waals surface area contributed by atoms with E-state index in [1.54, 1.807) is 41.8 Å². The average molecular weight is 402 g/mol. The predicted octanol–water partition coefficient (Wildman–Crippen LogP) is 4.79. The molecule has 0 saturated heterocycles. The van der Waals surface area contributed by atoms with Crippen LogP contribution in [0.5, 0.6) is 0 Å². The number of benzene rings is 3. The maximum absolute atomic E-state index is 13.3. The van der Waals surface area contributed by atoms with Crippen LogP contribution in [0.1, 0.15) is 11.4 Å². The van der Waals surface area contributed by atoms with Crippen LogP contribution in [-0.2, 0) is 0 Å². The normalized spacial score (nSPS) is 10.8. The van der Waals surface area contributed by atoms with Gasteiger partial charge in [0.05, 0.1) is 16.6 Å². The lowest BCUT2D eigenvalue weighted by Gasteiger charge is -2.14. The van der Waals surface area contributed by atoms with Gasteiger partial charge in [-0.05, 0) is 67.9 Å². The van der Waals surface area contributed by atoms with Gasteiger partial charge in [-0.3, -0.25) is 9.36 Å². The highest BCUT2D eigenvalue weighted by atomic mass is 19.1. The van der Waals surface area contributed by atoms with Crippen molar-refractivity contribution in [2.24, 2.45) is 0 Å². The average Bonchev–Trinajstić information content (AvgIpc) is 2.70. The number of hydrogen-bond acceptors (Lipinski definition) is 3. The third-order valence-corrected chi connectivity index (χ3v) is 4.74. The fourth-order valence-corrected chi connectivity index (χ4v) is 3.33. The Hall–Kier alpha value is -4.00. The van der Waals surface area contributed by atoms with E-state index in [0.29, 0.717) is 33.8 Å². The summed E-state index contributed by atoms with van der Waals surface area (Å²) in [5, 5.41) is 5.87. The zero-order valence-corrected chi connectivity index (χ0v) is 16.4. The number of anilines is 2. The lowest BCUT2D eigenvalue weighted by Crippen LogP contribution is -2.23. The van der Waals surface area contributed by atoms with E-state index in [1.807, 2.05) is 25.1 Å². The maximum atomic E-state index is 13.3. The number of aromatic nitrogens is 2. The quantitative estimate of drug-likeness (QED) is 0.518. The molecule has 2 amide bonds. The Morgan fingerprint density at radius 2 is 1.77 bits per heavy atom. The third-order valence-electron chi connectivity index (χ3n) is 4.74. The van der Waals surface area contributed by atoms with Gasteiger partial charge in [-0.15, -0.1) is 0 Å². The molecule has 30 heavy (non-hydrogen) atoms. The fraction of sp³-hybridized carbons (Fsp3) is 0.0870. The molecule has 0 bridgehead atoms. The minimum Gasteiger partial charge on any atom is -0.308 e. The molecule has 0 unspecified atom stereocenters. The van der Waals surface area contributed by atoms with E-state index in [1.165, 1.54) is 18.2 Å². The molecule has 0 aliphatic rings. The maximum Gasteiger partial charge on any atom is 0.323 e. The zero-order valence-electron chi connectivity index (χ0n) is 16.4. The molecule has 4 rings (SSSR count). The fourth-order valence-electron chi connectivity index (χ4n) is 3.33. The molecule has 2 N–H and O–H groups in total. The Labute approximate surface area is 172 Å². The largest absolute Gasteiger partial charge is 0.323 e. The monoisotopic (exact) mass is 402 g/mol. The highest BCUT2D eigenvalue weighted by Crippen LogP contribution is 2.20. The summed E-state index contributed by atoms with van der Waals surface area (Å²) >= 11 is 0. The number of carbonyl (C=O) groups is 1. The van der Waals surface area contributed by atoms with Gasteiger partial charge in [0.25, 0.3) is 5.56 Å².